The number of amides is 2. The molecule has 1 heterocycles. The molecule has 0 aliphatic carbocycles. The highest BCUT2D eigenvalue weighted by Crippen LogP contribution is 2.19. The summed E-state index contributed by atoms with van der Waals surface area (Å²) in [5.41, 5.74) is 0.529. The highest BCUT2D eigenvalue weighted by Gasteiger charge is 2.33. The smallest absolute Gasteiger partial charge is 0.251 e. The molecule has 1 fully saturated rings. The van der Waals surface area contributed by atoms with Crippen LogP contribution in [0.1, 0.15) is 37.6 Å². The number of carbonyl (C=O) groups is 2. The first-order valence-electron chi connectivity index (χ1n) is 9.43. The molecule has 0 bridgehead atoms. The molecule has 2 rings (SSSR count). The molecule has 1 aliphatic rings. The lowest BCUT2D eigenvalue weighted by atomic mass is 10.0. The standard InChI is InChI=1S/C20H31N3O3.ClH/c1-5-26-17-8-6-16(7-9-17)19(24)22-18(14(2)3)20(25)23-11-10-15(13-23)12-21-4;/h6-9,14-15,18,21H,5,10-13H2,1-4H3,(H,22,24);1H. The van der Waals surface area contributed by atoms with E-state index in [9.17, 15) is 9.59 Å². The lowest BCUT2D eigenvalue weighted by molar-refractivity contribution is -0.133. The van der Waals surface area contributed by atoms with E-state index in [0.717, 1.165) is 31.8 Å². The second-order valence-electron chi connectivity index (χ2n) is 7.15. The lowest BCUT2D eigenvalue weighted by Gasteiger charge is -2.27. The summed E-state index contributed by atoms with van der Waals surface area (Å²) in [6.07, 6.45) is 1.00. The first-order valence-corrected chi connectivity index (χ1v) is 9.43. The van der Waals surface area contributed by atoms with E-state index in [-0.39, 0.29) is 30.1 Å². The van der Waals surface area contributed by atoms with Gasteiger partial charge in [-0.2, -0.15) is 0 Å². The van der Waals surface area contributed by atoms with Crippen LogP contribution in [-0.2, 0) is 4.79 Å². The third kappa shape index (κ3) is 6.40. The molecule has 0 radical (unpaired) electrons. The van der Waals surface area contributed by atoms with Gasteiger partial charge in [0.1, 0.15) is 11.8 Å². The number of nitrogens with one attached hydrogen (secondary N) is 2. The van der Waals surface area contributed by atoms with E-state index in [4.69, 9.17) is 4.74 Å². The Kier molecular flexibility index (Phi) is 9.60. The van der Waals surface area contributed by atoms with Crippen LogP contribution in [0.4, 0.5) is 0 Å². The molecule has 2 N–H and O–H groups in total. The van der Waals surface area contributed by atoms with E-state index in [1.54, 1.807) is 24.3 Å². The maximum atomic E-state index is 12.9. The van der Waals surface area contributed by atoms with E-state index in [1.807, 2.05) is 32.7 Å². The molecule has 1 aromatic rings. The molecular weight excluding hydrogens is 366 g/mol. The van der Waals surface area contributed by atoms with E-state index < -0.39 is 6.04 Å². The molecule has 0 aromatic heterocycles. The maximum absolute atomic E-state index is 12.9. The van der Waals surface area contributed by atoms with Crippen molar-refractivity contribution in [2.45, 2.75) is 33.2 Å². The lowest BCUT2D eigenvalue weighted by Crippen LogP contribution is -2.50. The monoisotopic (exact) mass is 397 g/mol. The second kappa shape index (κ2) is 11.1. The summed E-state index contributed by atoms with van der Waals surface area (Å²) < 4.78 is 5.40. The molecule has 27 heavy (non-hydrogen) atoms. The zero-order valence-corrected chi connectivity index (χ0v) is 17.5. The molecule has 1 aromatic carbocycles. The Bertz CT molecular complexity index is 607. The number of benzene rings is 1. The van der Waals surface area contributed by atoms with Crippen molar-refractivity contribution in [3.8, 4) is 5.75 Å². The van der Waals surface area contributed by atoms with Gasteiger partial charge in [-0.05, 0) is 63.0 Å². The minimum Gasteiger partial charge on any atom is -0.494 e. The van der Waals surface area contributed by atoms with Crippen LogP contribution in [0.15, 0.2) is 24.3 Å². The van der Waals surface area contributed by atoms with Crippen molar-refractivity contribution in [1.82, 2.24) is 15.5 Å². The predicted octanol–water partition coefficient (Wildman–Crippen LogP) is 2.33. The van der Waals surface area contributed by atoms with Crippen molar-refractivity contribution < 1.29 is 14.3 Å². The first kappa shape index (κ1) is 23.2. The van der Waals surface area contributed by atoms with Gasteiger partial charge in [-0.15, -0.1) is 12.4 Å². The fraction of sp³-hybridized carbons (Fsp3) is 0.600. The zero-order chi connectivity index (χ0) is 19.1. The van der Waals surface area contributed by atoms with Crippen LogP contribution in [0.2, 0.25) is 0 Å². The van der Waals surface area contributed by atoms with Gasteiger partial charge in [-0.3, -0.25) is 9.59 Å². The van der Waals surface area contributed by atoms with Crippen LogP contribution in [-0.4, -0.2) is 56.0 Å². The minimum absolute atomic E-state index is 0. The number of likely N-dealkylation sites (tertiary alicyclic amines) is 1. The molecule has 0 spiro atoms. The number of hydrogen-bond donors (Lipinski definition) is 2. The van der Waals surface area contributed by atoms with Crippen LogP contribution in [0.5, 0.6) is 5.75 Å². The van der Waals surface area contributed by atoms with Gasteiger partial charge in [0.2, 0.25) is 5.91 Å². The molecule has 2 atom stereocenters. The first-order chi connectivity index (χ1) is 12.5. The number of ether oxygens (including phenoxy) is 1. The van der Waals surface area contributed by atoms with Gasteiger partial charge in [0.05, 0.1) is 6.61 Å². The second-order valence-corrected chi connectivity index (χ2v) is 7.15. The molecule has 1 saturated heterocycles. The highest BCUT2D eigenvalue weighted by atomic mass is 35.5. The summed E-state index contributed by atoms with van der Waals surface area (Å²) in [6, 6.07) is 6.48. The fourth-order valence-electron chi connectivity index (χ4n) is 3.29. The highest BCUT2D eigenvalue weighted by molar-refractivity contribution is 5.97. The average Bonchev–Trinajstić information content (AvgIpc) is 3.08. The number of nitrogens with zero attached hydrogens (tertiary/aromatic N) is 1. The van der Waals surface area contributed by atoms with E-state index in [2.05, 4.69) is 10.6 Å². The van der Waals surface area contributed by atoms with Gasteiger partial charge in [0, 0.05) is 18.7 Å². The quantitative estimate of drug-likeness (QED) is 0.706. The van der Waals surface area contributed by atoms with Crippen molar-refractivity contribution in [2.75, 3.05) is 33.3 Å². The van der Waals surface area contributed by atoms with Crippen LogP contribution >= 0.6 is 12.4 Å². The molecule has 6 nitrogen and oxygen atoms in total. The largest absolute Gasteiger partial charge is 0.494 e. The summed E-state index contributed by atoms with van der Waals surface area (Å²) in [7, 11) is 1.93. The Hall–Kier alpha value is -1.79. The van der Waals surface area contributed by atoms with Gasteiger partial charge >= 0.3 is 0 Å². The van der Waals surface area contributed by atoms with Crippen LogP contribution in [0.25, 0.3) is 0 Å². The summed E-state index contributed by atoms with van der Waals surface area (Å²) in [5, 5.41) is 6.09. The van der Waals surface area contributed by atoms with Gasteiger partial charge < -0.3 is 20.3 Å². The van der Waals surface area contributed by atoms with Gasteiger partial charge in [-0.25, -0.2) is 0 Å². The van der Waals surface area contributed by atoms with Crippen molar-refractivity contribution in [2.24, 2.45) is 11.8 Å². The number of halogens is 1. The molecule has 1 aliphatic heterocycles. The zero-order valence-electron chi connectivity index (χ0n) is 16.7. The van der Waals surface area contributed by atoms with Crippen LogP contribution < -0.4 is 15.4 Å². The van der Waals surface area contributed by atoms with E-state index in [1.165, 1.54) is 0 Å². The average molecular weight is 398 g/mol. The Balaban J connectivity index is 0.00000364. The topological polar surface area (TPSA) is 70.7 Å². The van der Waals surface area contributed by atoms with E-state index in [0.29, 0.717) is 18.1 Å². The molecular formula is C20H32ClN3O3. The SMILES string of the molecule is CCOc1ccc(C(=O)NC(C(=O)N2CCC(CNC)C2)C(C)C)cc1.Cl. The number of hydrogen-bond acceptors (Lipinski definition) is 4. The van der Waals surface area contributed by atoms with Gasteiger partial charge in [-0.1, -0.05) is 13.8 Å². The predicted molar refractivity (Wildman–Crippen MR) is 110 cm³/mol. The van der Waals surface area contributed by atoms with Crippen molar-refractivity contribution >= 4 is 24.2 Å². The maximum Gasteiger partial charge on any atom is 0.251 e. The summed E-state index contributed by atoms with van der Waals surface area (Å²) in [4.78, 5) is 27.4. The number of carbonyl (C=O) groups excluding carboxylic acids is 2. The molecule has 2 unspecified atom stereocenters. The Labute approximate surface area is 168 Å². The van der Waals surface area contributed by atoms with Gasteiger partial charge in [0.25, 0.3) is 5.91 Å². The molecule has 0 saturated carbocycles. The van der Waals surface area contributed by atoms with Gasteiger partial charge in [0.15, 0.2) is 0 Å². The van der Waals surface area contributed by atoms with Crippen molar-refractivity contribution in [3.05, 3.63) is 29.8 Å². The minimum atomic E-state index is -0.512. The summed E-state index contributed by atoms with van der Waals surface area (Å²) in [6.45, 7) is 8.84. The summed E-state index contributed by atoms with van der Waals surface area (Å²) >= 11 is 0. The molecule has 152 valence electrons. The Morgan fingerprint density at radius 1 is 1.26 bits per heavy atom. The van der Waals surface area contributed by atoms with Crippen molar-refractivity contribution in [1.29, 1.82) is 0 Å². The fourth-order valence-corrected chi connectivity index (χ4v) is 3.29. The van der Waals surface area contributed by atoms with Crippen LogP contribution in [0.3, 0.4) is 0 Å². The number of rotatable bonds is 8. The molecule has 7 heteroatoms. The third-order valence-corrected chi connectivity index (χ3v) is 4.74. The Morgan fingerprint density at radius 3 is 2.48 bits per heavy atom. The van der Waals surface area contributed by atoms with E-state index >= 15 is 0 Å². The summed E-state index contributed by atoms with van der Waals surface area (Å²) in [5.74, 6) is 1.02. The van der Waals surface area contributed by atoms with Crippen molar-refractivity contribution in [3.63, 3.8) is 0 Å². The normalized spacial score (nSPS) is 17.4. The Morgan fingerprint density at radius 2 is 1.93 bits per heavy atom. The van der Waals surface area contributed by atoms with Crippen LogP contribution in [0, 0.1) is 11.8 Å². The third-order valence-electron chi connectivity index (χ3n) is 4.74. The molecule has 2 amide bonds.